The number of benzene rings is 2. The SMILES string of the molecule is CCOC(=O)N1CCN(C(=O)C(Cc2ccc(CP(=O)(O)O)cc2)NC(=O)c2cc(N3CCC(OC)C3)nc(-c3ccccc3)n2)CC1. The first-order chi connectivity index (χ1) is 23.0. The molecule has 15 heteroatoms. The quantitative estimate of drug-likeness (QED) is 0.254. The third kappa shape index (κ3) is 9.16. The molecule has 3 heterocycles. The highest BCUT2D eigenvalue weighted by Crippen LogP contribution is 2.39. The summed E-state index contributed by atoms with van der Waals surface area (Å²) >= 11 is 0. The van der Waals surface area contributed by atoms with Crippen molar-refractivity contribution >= 4 is 31.3 Å². The molecule has 0 radical (unpaired) electrons. The average molecular weight is 681 g/mol. The summed E-state index contributed by atoms with van der Waals surface area (Å²) < 4.78 is 22.1. The molecule has 2 atom stereocenters. The van der Waals surface area contributed by atoms with Crippen LogP contribution in [-0.2, 0) is 31.4 Å². The highest BCUT2D eigenvalue weighted by atomic mass is 31.2. The van der Waals surface area contributed by atoms with Crippen LogP contribution in [0.3, 0.4) is 0 Å². The minimum absolute atomic E-state index is 0.0387. The Morgan fingerprint density at radius 2 is 1.62 bits per heavy atom. The molecule has 48 heavy (non-hydrogen) atoms. The van der Waals surface area contributed by atoms with E-state index in [1.54, 1.807) is 54.2 Å². The molecule has 1 aromatic heterocycles. The number of hydrogen-bond donors (Lipinski definition) is 3. The number of anilines is 1. The molecular weight excluding hydrogens is 639 g/mol. The normalized spacial score (nSPS) is 17.2. The van der Waals surface area contributed by atoms with Gasteiger partial charge >= 0.3 is 13.7 Å². The zero-order chi connectivity index (χ0) is 34.3. The molecule has 2 aliphatic rings. The smallest absolute Gasteiger partial charge is 0.409 e. The van der Waals surface area contributed by atoms with E-state index in [9.17, 15) is 28.7 Å². The zero-order valence-electron chi connectivity index (χ0n) is 27.0. The van der Waals surface area contributed by atoms with Gasteiger partial charge in [-0.1, -0.05) is 54.6 Å². The minimum atomic E-state index is -4.26. The summed E-state index contributed by atoms with van der Waals surface area (Å²) in [6.45, 7) is 4.39. The Kier molecular flexibility index (Phi) is 11.4. The summed E-state index contributed by atoms with van der Waals surface area (Å²) in [5.74, 6) is 0.0658. The van der Waals surface area contributed by atoms with Crippen LogP contribution >= 0.6 is 7.60 Å². The average Bonchev–Trinajstić information content (AvgIpc) is 3.58. The Morgan fingerprint density at radius 3 is 2.25 bits per heavy atom. The highest BCUT2D eigenvalue weighted by molar-refractivity contribution is 7.50. The molecule has 3 aromatic rings. The van der Waals surface area contributed by atoms with Crippen LogP contribution in [0.15, 0.2) is 60.7 Å². The molecule has 5 rings (SSSR count). The van der Waals surface area contributed by atoms with Crippen molar-refractivity contribution in [2.75, 3.05) is 57.9 Å². The van der Waals surface area contributed by atoms with E-state index in [0.29, 0.717) is 35.9 Å². The molecule has 2 aromatic carbocycles. The van der Waals surface area contributed by atoms with Crippen molar-refractivity contribution in [3.05, 3.63) is 77.5 Å². The van der Waals surface area contributed by atoms with Crippen LogP contribution in [0.4, 0.5) is 10.6 Å². The first-order valence-electron chi connectivity index (χ1n) is 15.9. The predicted molar refractivity (Wildman–Crippen MR) is 177 cm³/mol. The van der Waals surface area contributed by atoms with Gasteiger partial charge in [-0.3, -0.25) is 14.2 Å². The maximum Gasteiger partial charge on any atom is 0.409 e. The van der Waals surface area contributed by atoms with Crippen LogP contribution in [0.5, 0.6) is 0 Å². The van der Waals surface area contributed by atoms with Gasteiger partial charge in [-0.05, 0) is 24.5 Å². The number of methoxy groups -OCH3 is 1. The summed E-state index contributed by atoms with van der Waals surface area (Å²) in [7, 11) is -2.59. The Morgan fingerprint density at radius 1 is 0.958 bits per heavy atom. The van der Waals surface area contributed by atoms with E-state index in [4.69, 9.17) is 14.5 Å². The van der Waals surface area contributed by atoms with Crippen LogP contribution < -0.4 is 10.2 Å². The van der Waals surface area contributed by atoms with E-state index >= 15 is 0 Å². The van der Waals surface area contributed by atoms with Crippen LogP contribution in [0.1, 0.15) is 35.0 Å². The fraction of sp³-hybridized carbons (Fsp3) is 0.424. The maximum absolute atomic E-state index is 14.0. The number of rotatable bonds is 11. The van der Waals surface area contributed by atoms with E-state index < -0.39 is 31.8 Å². The van der Waals surface area contributed by atoms with Crippen molar-refractivity contribution in [3.63, 3.8) is 0 Å². The number of amides is 3. The first-order valence-corrected chi connectivity index (χ1v) is 17.7. The van der Waals surface area contributed by atoms with E-state index in [1.807, 2.05) is 35.2 Å². The molecule has 2 aliphatic heterocycles. The van der Waals surface area contributed by atoms with Crippen molar-refractivity contribution in [1.29, 1.82) is 0 Å². The van der Waals surface area contributed by atoms with E-state index in [1.165, 1.54) is 0 Å². The number of carbonyl (C=O) groups excluding carboxylic acids is 3. The second-order valence-corrected chi connectivity index (χ2v) is 13.4. The monoisotopic (exact) mass is 680 g/mol. The Bertz CT molecular complexity index is 1630. The molecule has 0 saturated carbocycles. The lowest BCUT2D eigenvalue weighted by Gasteiger charge is -2.36. The maximum atomic E-state index is 14.0. The molecule has 0 aliphatic carbocycles. The molecule has 2 fully saturated rings. The number of nitrogens with zero attached hydrogens (tertiary/aromatic N) is 5. The van der Waals surface area contributed by atoms with Gasteiger partial charge in [0.2, 0.25) is 5.91 Å². The largest absolute Gasteiger partial charge is 0.450 e. The molecule has 3 N–H and O–H groups in total. The highest BCUT2D eigenvalue weighted by Gasteiger charge is 2.32. The molecule has 14 nitrogen and oxygen atoms in total. The summed E-state index contributed by atoms with van der Waals surface area (Å²) in [4.78, 5) is 73.4. The third-order valence-corrected chi connectivity index (χ3v) is 9.13. The van der Waals surface area contributed by atoms with E-state index in [2.05, 4.69) is 10.3 Å². The van der Waals surface area contributed by atoms with E-state index in [0.717, 1.165) is 12.0 Å². The van der Waals surface area contributed by atoms with Gasteiger partial charge in [-0.15, -0.1) is 0 Å². The Balaban J connectivity index is 1.41. The minimum Gasteiger partial charge on any atom is -0.450 e. The van der Waals surface area contributed by atoms with Crippen molar-refractivity contribution in [3.8, 4) is 11.4 Å². The second kappa shape index (κ2) is 15.7. The van der Waals surface area contributed by atoms with Crippen LogP contribution in [0, 0.1) is 0 Å². The van der Waals surface area contributed by atoms with E-state index in [-0.39, 0.29) is 56.9 Å². The molecule has 2 saturated heterocycles. The van der Waals surface area contributed by atoms with Gasteiger partial charge in [0.15, 0.2) is 5.82 Å². The topological polar surface area (TPSA) is 175 Å². The van der Waals surface area contributed by atoms with Crippen LogP contribution in [-0.4, -0.2) is 113 Å². The van der Waals surface area contributed by atoms with Gasteiger partial charge in [0.05, 0.1) is 18.9 Å². The van der Waals surface area contributed by atoms with Gasteiger partial charge in [0.25, 0.3) is 5.91 Å². The standard InChI is InChI=1S/C33H41N6O8P/c1-3-47-33(42)38-17-15-37(16-18-38)32(41)28(19-23-9-11-24(12-10-23)22-48(43,44)45)35-31(40)27-20-29(39-14-13-26(21-39)46-2)36-30(34-27)25-7-5-4-6-8-25/h4-12,20,26,28H,3,13-19,21-22H2,1-2H3,(H,35,40)(H2,43,44,45). The van der Waals surface area contributed by atoms with Gasteiger partial charge in [-0.2, -0.15) is 0 Å². The summed E-state index contributed by atoms with van der Waals surface area (Å²) in [6, 6.07) is 16.5. The molecule has 0 bridgehead atoms. The van der Waals surface area contributed by atoms with Gasteiger partial charge in [0, 0.05) is 64.4 Å². The Hall–Kier alpha value is -4.36. The lowest BCUT2D eigenvalue weighted by Crippen LogP contribution is -2.56. The fourth-order valence-electron chi connectivity index (χ4n) is 5.79. The van der Waals surface area contributed by atoms with Crippen molar-refractivity contribution in [2.24, 2.45) is 0 Å². The van der Waals surface area contributed by atoms with Crippen molar-refractivity contribution in [2.45, 2.75) is 38.1 Å². The number of aromatic nitrogens is 2. The number of carbonyl (C=O) groups is 3. The zero-order valence-corrected chi connectivity index (χ0v) is 27.9. The third-order valence-electron chi connectivity index (χ3n) is 8.35. The number of hydrogen-bond acceptors (Lipinski definition) is 9. The summed E-state index contributed by atoms with van der Waals surface area (Å²) in [5, 5.41) is 2.91. The summed E-state index contributed by atoms with van der Waals surface area (Å²) in [6.07, 6.45) is 0.129. The molecule has 256 valence electrons. The summed E-state index contributed by atoms with van der Waals surface area (Å²) in [5.41, 5.74) is 1.97. The lowest BCUT2D eigenvalue weighted by molar-refractivity contribution is -0.134. The van der Waals surface area contributed by atoms with Gasteiger partial charge in [0.1, 0.15) is 17.6 Å². The number of nitrogens with one attached hydrogen (secondary N) is 1. The second-order valence-electron chi connectivity index (χ2n) is 11.8. The number of piperazine rings is 1. The Labute approximate surface area is 279 Å². The lowest BCUT2D eigenvalue weighted by atomic mass is 10.0. The van der Waals surface area contributed by atoms with Gasteiger partial charge in [-0.25, -0.2) is 14.8 Å². The predicted octanol–water partition coefficient (Wildman–Crippen LogP) is 2.69. The van der Waals surface area contributed by atoms with Crippen LogP contribution in [0.25, 0.3) is 11.4 Å². The molecule has 0 spiro atoms. The van der Waals surface area contributed by atoms with Crippen LogP contribution in [0.2, 0.25) is 0 Å². The molecule has 2 unspecified atom stereocenters. The fourth-order valence-corrected chi connectivity index (χ4v) is 6.48. The van der Waals surface area contributed by atoms with Crippen molar-refractivity contribution in [1.82, 2.24) is 25.1 Å². The first kappa shape index (κ1) is 35.0. The van der Waals surface area contributed by atoms with Crippen molar-refractivity contribution < 1.29 is 38.2 Å². The molecule has 3 amide bonds. The van der Waals surface area contributed by atoms with Gasteiger partial charge < -0.3 is 39.3 Å². The number of ether oxygens (including phenoxy) is 2. The molecular formula is C33H41N6O8P.